The molecule has 3 aromatic rings. The van der Waals surface area contributed by atoms with E-state index >= 15 is 0 Å². The minimum absolute atomic E-state index is 0.560. The van der Waals surface area contributed by atoms with Crippen molar-refractivity contribution in [1.82, 2.24) is 5.48 Å². The molecule has 4 heteroatoms. The highest BCUT2D eigenvalue weighted by Crippen LogP contribution is 2.22. The standard InChI is InChI=1S/C26H26N2O2/c1-20(24-15-8-12-22(19-24)17-18-26(29)28-30)27-25-16-6-5-13-23(25)14-7-11-21-9-3-2-4-10-21/h2-6,8-10,12-13,15-19,30H,7,11,14H2,1H3,(H,28,29)/b18-17+,27-20?. The van der Waals surface area contributed by atoms with Gasteiger partial charge < -0.3 is 0 Å². The van der Waals surface area contributed by atoms with Crippen LogP contribution >= 0.6 is 0 Å². The molecule has 0 heterocycles. The molecule has 0 saturated carbocycles. The van der Waals surface area contributed by atoms with Crippen LogP contribution in [0.3, 0.4) is 0 Å². The summed E-state index contributed by atoms with van der Waals surface area (Å²) in [6.07, 6.45) is 6.03. The molecule has 3 aromatic carbocycles. The zero-order valence-corrected chi connectivity index (χ0v) is 17.1. The molecule has 0 radical (unpaired) electrons. The number of nitrogens with one attached hydrogen (secondary N) is 1. The normalized spacial score (nSPS) is 11.6. The van der Waals surface area contributed by atoms with E-state index in [9.17, 15) is 4.79 Å². The Hall–Kier alpha value is -3.50. The van der Waals surface area contributed by atoms with Gasteiger partial charge in [0, 0.05) is 11.8 Å². The van der Waals surface area contributed by atoms with Crippen molar-refractivity contribution < 1.29 is 10.0 Å². The summed E-state index contributed by atoms with van der Waals surface area (Å²) in [5, 5.41) is 8.60. The van der Waals surface area contributed by atoms with E-state index in [0.29, 0.717) is 0 Å². The molecule has 0 aromatic heterocycles. The monoisotopic (exact) mass is 398 g/mol. The summed E-state index contributed by atoms with van der Waals surface area (Å²) in [5.74, 6) is -0.560. The SMILES string of the molecule is CC(=Nc1ccccc1CCCc1ccccc1)c1cccc(/C=C/C(=O)NO)c1. The molecule has 0 aliphatic rings. The van der Waals surface area contributed by atoms with Gasteiger partial charge in [-0.25, -0.2) is 5.48 Å². The Balaban J connectivity index is 1.73. The highest BCUT2D eigenvalue weighted by Gasteiger charge is 2.04. The molecule has 0 saturated heterocycles. The third-order valence-corrected chi connectivity index (χ3v) is 4.88. The highest BCUT2D eigenvalue weighted by atomic mass is 16.5. The summed E-state index contributed by atoms with van der Waals surface area (Å²) in [6, 6.07) is 26.6. The first kappa shape index (κ1) is 21.2. The molecule has 0 aliphatic carbocycles. The molecule has 0 bridgehead atoms. The smallest absolute Gasteiger partial charge is 0.267 e. The average Bonchev–Trinajstić information content (AvgIpc) is 2.79. The fourth-order valence-electron chi connectivity index (χ4n) is 3.28. The average molecular weight is 399 g/mol. The predicted molar refractivity (Wildman–Crippen MR) is 122 cm³/mol. The minimum atomic E-state index is -0.560. The van der Waals surface area contributed by atoms with Crippen LogP contribution in [0.1, 0.15) is 35.6 Å². The van der Waals surface area contributed by atoms with E-state index in [1.165, 1.54) is 17.2 Å². The second-order valence-electron chi connectivity index (χ2n) is 7.10. The molecule has 4 nitrogen and oxygen atoms in total. The number of aryl methyl sites for hydroxylation is 2. The number of carbonyl (C=O) groups is 1. The number of nitrogens with zero attached hydrogens (tertiary/aromatic N) is 1. The van der Waals surface area contributed by atoms with Gasteiger partial charge in [-0.15, -0.1) is 0 Å². The zero-order chi connectivity index (χ0) is 21.2. The lowest BCUT2D eigenvalue weighted by Gasteiger charge is -2.08. The minimum Gasteiger partial charge on any atom is -0.288 e. The van der Waals surface area contributed by atoms with Crippen LogP contribution in [-0.2, 0) is 17.6 Å². The van der Waals surface area contributed by atoms with Gasteiger partial charge in [0.15, 0.2) is 0 Å². The second kappa shape index (κ2) is 10.9. The van der Waals surface area contributed by atoms with E-state index < -0.39 is 5.91 Å². The first-order valence-corrected chi connectivity index (χ1v) is 10.1. The lowest BCUT2D eigenvalue weighted by atomic mass is 10.0. The van der Waals surface area contributed by atoms with Crippen LogP contribution in [0.2, 0.25) is 0 Å². The summed E-state index contributed by atoms with van der Waals surface area (Å²) in [4.78, 5) is 16.1. The first-order valence-electron chi connectivity index (χ1n) is 10.1. The molecule has 0 fully saturated rings. The molecule has 1 amide bonds. The zero-order valence-electron chi connectivity index (χ0n) is 17.1. The summed E-state index contributed by atoms with van der Waals surface area (Å²) in [6.45, 7) is 1.99. The lowest BCUT2D eigenvalue weighted by molar-refractivity contribution is -0.124. The third kappa shape index (κ3) is 6.26. The van der Waals surface area contributed by atoms with Gasteiger partial charge in [-0.05, 0) is 66.6 Å². The Morgan fingerprint density at radius 1 is 0.967 bits per heavy atom. The van der Waals surface area contributed by atoms with Crippen LogP contribution in [0.5, 0.6) is 0 Å². The molecule has 30 heavy (non-hydrogen) atoms. The van der Waals surface area contributed by atoms with Crippen LogP contribution in [0.4, 0.5) is 5.69 Å². The number of rotatable bonds is 8. The molecule has 0 unspecified atom stereocenters. The van der Waals surface area contributed by atoms with E-state index in [4.69, 9.17) is 10.2 Å². The first-order chi connectivity index (χ1) is 14.7. The Morgan fingerprint density at radius 3 is 2.53 bits per heavy atom. The fourth-order valence-corrected chi connectivity index (χ4v) is 3.28. The number of hydrogen-bond donors (Lipinski definition) is 2. The van der Waals surface area contributed by atoms with Crippen LogP contribution < -0.4 is 5.48 Å². The molecule has 152 valence electrons. The van der Waals surface area contributed by atoms with E-state index in [2.05, 4.69) is 42.5 Å². The van der Waals surface area contributed by atoms with Crippen molar-refractivity contribution in [1.29, 1.82) is 0 Å². The second-order valence-corrected chi connectivity index (χ2v) is 7.10. The molecule has 0 aliphatic heterocycles. The van der Waals surface area contributed by atoms with E-state index in [0.717, 1.165) is 41.8 Å². The van der Waals surface area contributed by atoms with Gasteiger partial charge in [-0.2, -0.15) is 0 Å². The number of hydroxylamine groups is 1. The quantitative estimate of drug-likeness (QED) is 0.227. The maximum absolute atomic E-state index is 11.2. The fraction of sp³-hybridized carbons (Fsp3) is 0.154. The van der Waals surface area contributed by atoms with E-state index in [1.54, 1.807) is 11.6 Å². The van der Waals surface area contributed by atoms with Gasteiger partial charge in [0.05, 0.1) is 5.69 Å². The van der Waals surface area contributed by atoms with Crippen molar-refractivity contribution in [3.8, 4) is 0 Å². The van der Waals surface area contributed by atoms with Crippen molar-refractivity contribution >= 4 is 23.4 Å². The number of para-hydroxylation sites is 1. The Labute approximate surface area is 177 Å². The van der Waals surface area contributed by atoms with Gasteiger partial charge in [0.25, 0.3) is 5.91 Å². The number of hydrogen-bond acceptors (Lipinski definition) is 3. The van der Waals surface area contributed by atoms with Gasteiger partial charge in [-0.1, -0.05) is 66.7 Å². The summed E-state index contributed by atoms with van der Waals surface area (Å²) < 4.78 is 0. The Morgan fingerprint density at radius 2 is 1.73 bits per heavy atom. The third-order valence-electron chi connectivity index (χ3n) is 4.88. The van der Waals surface area contributed by atoms with Crippen LogP contribution in [0.15, 0.2) is 89.9 Å². The molecule has 0 atom stereocenters. The number of aliphatic imine (C=N–C) groups is 1. The van der Waals surface area contributed by atoms with Crippen molar-refractivity contribution in [2.45, 2.75) is 26.2 Å². The lowest BCUT2D eigenvalue weighted by Crippen LogP contribution is -2.14. The van der Waals surface area contributed by atoms with Crippen LogP contribution in [0, 0.1) is 0 Å². The molecular weight excluding hydrogens is 372 g/mol. The number of amides is 1. The number of carbonyl (C=O) groups excluding carboxylic acids is 1. The van der Waals surface area contributed by atoms with Crippen LogP contribution in [0.25, 0.3) is 6.08 Å². The maximum atomic E-state index is 11.2. The Kier molecular flexibility index (Phi) is 7.70. The topological polar surface area (TPSA) is 61.7 Å². The predicted octanol–water partition coefficient (Wildman–Crippen LogP) is 5.52. The van der Waals surface area contributed by atoms with Gasteiger partial charge in [0.2, 0.25) is 0 Å². The van der Waals surface area contributed by atoms with Crippen molar-refractivity contribution in [2.24, 2.45) is 4.99 Å². The molecule has 3 rings (SSSR count). The van der Waals surface area contributed by atoms with Gasteiger partial charge in [-0.3, -0.25) is 15.0 Å². The molecular formula is C26H26N2O2. The number of benzene rings is 3. The highest BCUT2D eigenvalue weighted by molar-refractivity contribution is 6.01. The van der Waals surface area contributed by atoms with Gasteiger partial charge in [0.1, 0.15) is 0 Å². The van der Waals surface area contributed by atoms with Gasteiger partial charge >= 0.3 is 0 Å². The van der Waals surface area contributed by atoms with Crippen LogP contribution in [-0.4, -0.2) is 16.8 Å². The summed E-state index contributed by atoms with van der Waals surface area (Å²) in [5.41, 5.74) is 7.93. The van der Waals surface area contributed by atoms with Crippen molar-refractivity contribution in [2.75, 3.05) is 0 Å². The summed E-state index contributed by atoms with van der Waals surface area (Å²) in [7, 11) is 0. The summed E-state index contributed by atoms with van der Waals surface area (Å²) >= 11 is 0. The van der Waals surface area contributed by atoms with E-state index in [-0.39, 0.29) is 0 Å². The largest absolute Gasteiger partial charge is 0.288 e. The van der Waals surface area contributed by atoms with Crippen molar-refractivity contribution in [3.05, 3.63) is 107 Å². The molecule has 2 N–H and O–H groups in total. The van der Waals surface area contributed by atoms with E-state index in [1.807, 2.05) is 43.3 Å². The molecule has 0 spiro atoms. The van der Waals surface area contributed by atoms with Crippen molar-refractivity contribution in [3.63, 3.8) is 0 Å². The maximum Gasteiger partial charge on any atom is 0.267 e. The Bertz CT molecular complexity index is 1040.